The number of aryl methyl sites for hydroxylation is 3. The Morgan fingerprint density at radius 1 is 0.947 bits per heavy atom. The molecule has 9 nitrogen and oxygen atoms in total. The Morgan fingerprint density at radius 2 is 1.76 bits per heavy atom. The highest BCUT2D eigenvalue weighted by Crippen LogP contribution is 2.27. The SMILES string of the molecule is CCCCc1cn(-c2c(CC)ccn2CCC)c(=O)n1Cc1cnccc1-c1ccc(-c2nn[nH]n2)cc1. The van der Waals surface area contributed by atoms with E-state index < -0.39 is 0 Å². The van der Waals surface area contributed by atoms with Crippen molar-refractivity contribution in [1.82, 2.24) is 39.3 Å². The first-order valence-corrected chi connectivity index (χ1v) is 13.4. The number of hydrogen-bond donors (Lipinski definition) is 1. The number of benzene rings is 1. The molecule has 0 amide bonds. The Morgan fingerprint density at radius 3 is 2.47 bits per heavy atom. The maximum Gasteiger partial charge on any atom is 0.334 e. The highest BCUT2D eigenvalue weighted by Gasteiger charge is 2.19. The lowest BCUT2D eigenvalue weighted by molar-refractivity contribution is 0.642. The second-order valence-electron chi connectivity index (χ2n) is 9.52. The number of aromatic amines is 1. The standard InChI is InChI=1S/C29H34N8O/c1-4-7-8-25-20-37(28-21(6-3)14-17-35(28)16-5-2)29(38)36(25)19-24-18-30-15-13-26(24)22-9-11-23(12-10-22)27-31-33-34-32-27/h9-15,17-18,20H,4-8,16,19H2,1-3H3,(H,31,32,33,34). The van der Waals surface area contributed by atoms with Gasteiger partial charge in [0.1, 0.15) is 5.82 Å². The van der Waals surface area contributed by atoms with Crippen LogP contribution < -0.4 is 5.69 Å². The largest absolute Gasteiger partial charge is 0.334 e. The van der Waals surface area contributed by atoms with Gasteiger partial charge in [-0.2, -0.15) is 5.21 Å². The molecule has 38 heavy (non-hydrogen) atoms. The van der Waals surface area contributed by atoms with E-state index in [0.717, 1.165) is 72.4 Å². The number of H-pyrrole nitrogens is 1. The summed E-state index contributed by atoms with van der Waals surface area (Å²) in [5.41, 5.74) is 6.19. The fourth-order valence-corrected chi connectivity index (χ4v) is 4.99. The molecule has 196 valence electrons. The Labute approximate surface area is 222 Å². The number of nitrogens with zero attached hydrogens (tertiary/aromatic N) is 7. The predicted molar refractivity (Wildman–Crippen MR) is 148 cm³/mol. The van der Waals surface area contributed by atoms with E-state index in [-0.39, 0.29) is 5.69 Å². The molecule has 0 aliphatic heterocycles. The van der Waals surface area contributed by atoms with Crippen LogP contribution in [0.5, 0.6) is 0 Å². The third kappa shape index (κ3) is 4.96. The molecule has 0 aliphatic rings. The van der Waals surface area contributed by atoms with Crippen LogP contribution in [0.2, 0.25) is 0 Å². The van der Waals surface area contributed by atoms with Crippen molar-refractivity contribution in [3.8, 4) is 28.3 Å². The van der Waals surface area contributed by atoms with Gasteiger partial charge in [0.05, 0.1) is 6.54 Å². The van der Waals surface area contributed by atoms with Crippen LogP contribution in [-0.2, 0) is 25.9 Å². The van der Waals surface area contributed by atoms with Crippen molar-refractivity contribution >= 4 is 0 Å². The molecule has 0 radical (unpaired) electrons. The van der Waals surface area contributed by atoms with Gasteiger partial charge in [-0.3, -0.25) is 14.1 Å². The number of unbranched alkanes of at least 4 members (excludes halogenated alkanes) is 1. The zero-order chi connectivity index (χ0) is 26.5. The highest BCUT2D eigenvalue weighted by atomic mass is 16.1. The fraction of sp³-hybridized carbons (Fsp3) is 0.345. The third-order valence-corrected chi connectivity index (χ3v) is 6.97. The molecule has 4 heterocycles. The number of imidazole rings is 1. The number of tetrazole rings is 1. The molecule has 0 unspecified atom stereocenters. The Hall–Kier alpha value is -4.27. The molecule has 0 saturated heterocycles. The lowest BCUT2D eigenvalue weighted by atomic mass is 10.00. The van der Waals surface area contributed by atoms with Gasteiger partial charge >= 0.3 is 5.69 Å². The van der Waals surface area contributed by atoms with Crippen LogP contribution in [-0.4, -0.2) is 39.3 Å². The van der Waals surface area contributed by atoms with Crippen molar-refractivity contribution in [3.05, 3.63) is 88.5 Å². The molecule has 0 bridgehead atoms. The number of aromatic nitrogens is 8. The Balaban J connectivity index is 1.55. The molecule has 0 atom stereocenters. The normalized spacial score (nSPS) is 11.3. The van der Waals surface area contributed by atoms with Crippen LogP contribution in [0.15, 0.2) is 66.0 Å². The lowest BCUT2D eigenvalue weighted by Gasteiger charge is -2.12. The van der Waals surface area contributed by atoms with Crippen LogP contribution in [0.25, 0.3) is 28.3 Å². The molecular weight excluding hydrogens is 476 g/mol. The maximum atomic E-state index is 14.0. The summed E-state index contributed by atoms with van der Waals surface area (Å²) in [7, 11) is 0. The second-order valence-corrected chi connectivity index (χ2v) is 9.52. The smallest absolute Gasteiger partial charge is 0.334 e. The van der Waals surface area contributed by atoms with Crippen LogP contribution in [0.1, 0.15) is 56.9 Å². The van der Waals surface area contributed by atoms with Gasteiger partial charge in [-0.1, -0.05) is 51.5 Å². The first-order chi connectivity index (χ1) is 18.6. The predicted octanol–water partition coefficient (Wildman–Crippen LogP) is 5.05. The van der Waals surface area contributed by atoms with Crippen LogP contribution in [0.3, 0.4) is 0 Å². The minimum atomic E-state index is -0.0101. The van der Waals surface area contributed by atoms with E-state index in [9.17, 15) is 4.79 Å². The van der Waals surface area contributed by atoms with E-state index in [1.54, 1.807) is 6.20 Å². The van der Waals surface area contributed by atoms with Crippen LogP contribution in [0.4, 0.5) is 0 Å². The summed E-state index contributed by atoms with van der Waals surface area (Å²) < 4.78 is 5.98. The second kappa shape index (κ2) is 11.4. The monoisotopic (exact) mass is 510 g/mol. The summed E-state index contributed by atoms with van der Waals surface area (Å²) in [6.07, 6.45) is 12.6. The van der Waals surface area contributed by atoms with Crippen molar-refractivity contribution in [2.24, 2.45) is 0 Å². The molecule has 0 spiro atoms. The zero-order valence-corrected chi connectivity index (χ0v) is 22.3. The van der Waals surface area contributed by atoms with E-state index in [1.807, 2.05) is 51.9 Å². The van der Waals surface area contributed by atoms with Gasteiger partial charge in [-0.15, -0.1) is 10.2 Å². The third-order valence-electron chi connectivity index (χ3n) is 6.97. The molecule has 1 aromatic carbocycles. The molecule has 9 heteroatoms. The molecular formula is C29H34N8O. The number of pyridine rings is 1. The van der Waals surface area contributed by atoms with Gasteiger partial charge in [0.25, 0.3) is 0 Å². The lowest BCUT2D eigenvalue weighted by Crippen LogP contribution is -2.26. The first kappa shape index (κ1) is 25.4. The van der Waals surface area contributed by atoms with Gasteiger partial charge < -0.3 is 4.57 Å². The van der Waals surface area contributed by atoms with E-state index in [4.69, 9.17) is 0 Å². The average Bonchev–Trinajstić information content (AvgIpc) is 3.69. The maximum absolute atomic E-state index is 14.0. The van der Waals surface area contributed by atoms with Crippen LogP contribution >= 0.6 is 0 Å². The molecule has 1 N–H and O–H groups in total. The fourth-order valence-electron chi connectivity index (χ4n) is 4.99. The van der Waals surface area contributed by atoms with Crippen molar-refractivity contribution in [1.29, 1.82) is 0 Å². The topological polar surface area (TPSA) is 99.2 Å². The number of rotatable bonds is 11. The summed E-state index contributed by atoms with van der Waals surface area (Å²) in [5, 5.41) is 14.3. The summed E-state index contributed by atoms with van der Waals surface area (Å²) in [5.74, 6) is 1.54. The minimum Gasteiger partial charge on any atom is -0.334 e. The van der Waals surface area contributed by atoms with Gasteiger partial charge in [0, 0.05) is 42.6 Å². The van der Waals surface area contributed by atoms with Crippen molar-refractivity contribution in [3.63, 3.8) is 0 Å². The summed E-state index contributed by atoms with van der Waals surface area (Å²) in [6.45, 7) is 7.81. The molecule has 0 fully saturated rings. The quantitative estimate of drug-likeness (QED) is 0.268. The summed E-state index contributed by atoms with van der Waals surface area (Å²) >= 11 is 0. The highest BCUT2D eigenvalue weighted by molar-refractivity contribution is 5.70. The van der Waals surface area contributed by atoms with Gasteiger partial charge in [0.2, 0.25) is 5.82 Å². The molecule has 5 aromatic rings. The number of hydrogen-bond acceptors (Lipinski definition) is 5. The van der Waals surface area contributed by atoms with Crippen LogP contribution in [0, 0.1) is 0 Å². The van der Waals surface area contributed by atoms with Crippen molar-refractivity contribution in [2.75, 3.05) is 0 Å². The van der Waals surface area contributed by atoms with E-state index in [2.05, 4.69) is 63.2 Å². The zero-order valence-electron chi connectivity index (χ0n) is 22.3. The molecule has 0 saturated carbocycles. The Bertz CT molecular complexity index is 1540. The molecule has 0 aliphatic carbocycles. The molecule has 4 aromatic heterocycles. The number of nitrogens with one attached hydrogen (secondary N) is 1. The van der Waals surface area contributed by atoms with E-state index in [0.29, 0.717) is 12.4 Å². The minimum absolute atomic E-state index is 0.0101. The summed E-state index contributed by atoms with van der Waals surface area (Å²) in [4.78, 5) is 18.4. The van der Waals surface area contributed by atoms with Crippen molar-refractivity contribution < 1.29 is 0 Å². The Kier molecular flexibility index (Phi) is 7.62. The van der Waals surface area contributed by atoms with Gasteiger partial charge in [0.15, 0.2) is 0 Å². The summed E-state index contributed by atoms with van der Waals surface area (Å²) in [6, 6.07) is 12.2. The van der Waals surface area contributed by atoms with E-state index in [1.165, 1.54) is 5.56 Å². The average molecular weight is 511 g/mol. The molecule has 5 rings (SSSR count). The van der Waals surface area contributed by atoms with E-state index >= 15 is 0 Å². The van der Waals surface area contributed by atoms with Gasteiger partial charge in [-0.25, -0.2) is 4.79 Å². The van der Waals surface area contributed by atoms with Gasteiger partial charge in [-0.05, 0) is 65.3 Å². The first-order valence-electron chi connectivity index (χ1n) is 13.4. The van der Waals surface area contributed by atoms with Crippen molar-refractivity contribution in [2.45, 2.75) is 66.0 Å².